The summed E-state index contributed by atoms with van der Waals surface area (Å²) in [6.07, 6.45) is 4.89. The zero-order valence-electron chi connectivity index (χ0n) is 14.0. The van der Waals surface area contributed by atoms with Crippen LogP contribution in [0.5, 0.6) is 0 Å². The van der Waals surface area contributed by atoms with Gasteiger partial charge in [0.2, 0.25) is 0 Å². The van der Waals surface area contributed by atoms with Gasteiger partial charge in [-0.2, -0.15) is 0 Å². The lowest BCUT2D eigenvalue weighted by Gasteiger charge is -2.38. The minimum absolute atomic E-state index is 0.154. The predicted molar refractivity (Wildman–Crippen MR) is 84.5 cm³/mol. The van der Waals surface area contributed by atoms with E-state index in [1.165, 1.54) is 0 Å². The van der Waals surface area contributed by atoms with Gasteiger partial charge in [-0.15, -0.1) is 0 Å². The van der Waals surface area contributed by atoms with Crippen molar-refractivity contribution in [1.82, 2.24) is 20.6 Å². The van der Waals surface area contributed by atoms with Crippen molar-refractivity contribution in [1.29, 1.82) is 0 Å². The maximum Gasteiger partial charge on any atom is 0.407 e. The van der Waals surface area contributed by atoms with E-state index in [0.29, 0.717) is 6.04 Å². The zero-order chi connectivity index (χ0) is 16.3. The normalized spacial score (nSPS) is 22.6. The summed E-state index contributed by atoms with van der Waals surface area (Å²) < 4.78 is 5.26. The first kappa shape index (κ1) is 16.7. The number of carbonyl (C=O) groups is 1. The number of nitrogens with zero attached hydrogens (tertiary/aromatic N) is 2. The van der Waals surface area contributed by atoms with E-state index in [2.05, 4.69) is 27.5 Å². The largest absolute Gasteiger partial charge is 0.444 e. The van der Waals surface area contributed by atoms with Crippen LogP contribution in [0.15, 0.2) is 12.4 Å². The Balaban J connectivity index is 1.73. The van der Waals surface area contributed by atoms with Crippen molar-refractivity contribution in [3.63, 3.8) is 0 Å². The summed E-state index contributed by atoms with van der Waals surface area (Å²) in [5.41, 5.74) is 1.47. The van der Waals surface area contributed by atoms with Crippen molar-refractivity contribution < 1.29 is 9.53 Å². The minimum atomic E-state index is -0.455. The first-order valence-corrected chi connectivity index (χ1v) is 7.77. The van der Waals surface area contributed by atoms with Crippen LogP contribution in [0, 0.1) is 6.92 Å². The number of amides is 1. The zero-order valence-corrected chi connectivity index (χ0v) is 14.0. The molecule has 0 aliphatic heterocycles. The van der Waals surface area contributed by atoms with Gasteiger partial charge in [0, 0.05) is 30.5 Å². The Morgan fingerprint density at radius 2 is 1.91 bits per heavy atom. The third kappa shape index (κ3) is 4.66. The second-order valence-corrected chi connectivity index (χ2v) is 6.93. The van der Waals surface area contributed by atoms with Gasteiger partial charge >= 0.3 is 6.09 Å². The summed E-state index contributed by atoms with van der Waals surface area (Å²) in [5, 5.41) is 6.43. The van der Waals surface area contributed by atoms with Gasteiger partial charge < -0.3 is 15.4 Å². The number of carbonyl (C=O) groups excluding carboxylic acids is 1. The second kappa shape index (κ2) is 6.60. The summed E-state index contributed by atoms with van der Waals surface area (Å²) in [7, 11) is 0. The molecule has 1 unspecified atom stereocenters. The van der Waals surface area contributed by atoms with Crippen LogP contribution < -0.4 is 10.6 Å². The van der Waals surface area contributed by atoms with Crippen LogP contribution in [0.4, 0.5) is 4.79 Å². The monoisotopic (exact) mass is 306 g/mol. The molecule has 22 heavy (non-hydrogen) atoms. The lowest BCUT2D eigenvalue weighted by Crippen LogP contribution is -2.53. The molecule has 6 heteroatoms. The van der Waals surface area contributed by atoms with Gasteiger partial charge in [-0.1, -0.05) is 0 Å². The Bertz CT molecular complexity index is 521. The van der Waals surface area contributed by atoms with Gasteiger partial charge in [0.15, 0.2) is 0 Å². The molecule has 2 rings (SSSR count). The molecule has 1 heterocycles. The van der Waals surface area contributed by atoms with E-state index in [4.69, 9.17) is 4.74 Å². The van der Waals surface area contributed by atoms with Gasteiger partial charge in [-0.3, -0.25) is 9.97 Å². The van der Waals surface area contributed by atoms with Crippen molar-refractivity contribution in [3.8, 4) is 0 Å². The van der Waals surface area contributed by atoms with Gasteiger partial charge in [-0.25, -0.2) is 4.79 Å². The predicted octanol–water partition coefficient (Wildman–Crippen LogP) is 2.49. The molecule has 122 valence electrons. The molecule has 0 bridgehead atoms. The average Bonchev–Trinajstić information content (AvgIpc) is 2.34. The molecule has 1 saturated carbocycles. The van der Waals surface area contributed by atoms with Crippen molar-refractivity contribution in [2.24, 2.45) is 0 Å². The fourth-order valence-corrected chi connectivity index (χ4v) is 2.62. The van der Waals surface area contributed by atoms with E-state index in [0.717, 1.165) is 24.2 Å². The van der Waals surface area contributed by atoms with Crippen LogP contribution in [0.2, 0.25) is 0 Å². The molecule has 1 aliphatic carbocycles. The lowest BCUT2D eigenvalue weighted by atomic mass is 9.86. The highest BCUT2D eigenvalue weighted by Gasteiger charge is 2.32. The van der Waals surface area contributed by atoms with Crippen LogP contribution in [-0.2, 0) is 4.74 Å². The summed E-state index contributed by atoms with van der Waals surface area (Å²) in [6.45, 7) is 9.65. The first-order valence-electron chi connectivity index (χ1n) is 7.77. The summed E-state index contributed by atoms with van der Waals surface area (Å²) in [5.74, 6) is 0. The maximum atomic E-state index is 11.7. The van der Waals surface area contributed by atoms with Crippen LogP contribution >= 0.6 is 0 Å². The van der Waals surface area contributed by atoms with E-state index in [9.17, 15) is 4.79 Å². The maximum absolute atomic E-state index is 11.7. The van der Waals surface area contributed by atoms with E-state index < -0.39 is 5.60 Å². The van der Waals surface area contributed by atoms with E-state index in [1.807, 2.05) is 27.7 Å². The standard InChI is InChI=1S/C16H26N4O2/c1-10-14(18-7-6-17-10)11(2)19-12-8-13(9-12)20-15(21)22-16(3,4)5/h6-7,11-13,19H,8-9H2,1-5H3,(H,20,21). The molecule has 1 fully saturated rings. The molecule has 0 saturated heterocycles. The fourth-order valence-electron chi connectivity index (χ4n) is 2.62. The van der Waals surface area contributed by atoms with Crippen molar-refractivity contribution >= 4 is 6.09 Å². The summed E-state index contributed by atoms with van der Waals surface area (Å²) >= 11 is 0. The van der Waals surface area contributed by atoms with Crippen LogP contribution in [-0.4, -0.2) is 33.7 Å². The molecule has 6 nitrogen and oxygen atoms in total. The summed E-state index contributed by atoms with van der Waals surface area (Å²) in [4.78, 5) is 20.3. The highest BCUT2D eigenvalue weighted by molar-refractivity contribution is 5.68. The average molecular weight is 306 g/mol. The Morgan fingerprint density at radius 3 is 2.50 bits per heavy atom. The molecule has 1 aliphatic rings. The van der Waals surface area contributed by atoms with Gasteiger partial charge in [0.1, 0.15) is 5.60 Å². The number of rotatable bonds is 4. The molecule has 1 amide bonds. The smallest absolute Gasteiger partial charge is 0.407 e. The van der Waals surface area contributed by atoms with E-state index in [1.54, 1.807) is 12.4 Å². The molecule has 0 spiro atoms. The lowest BCUT2D eigenvalue weighted by molar-refractivity contribution is 0.0463. The fraction of sp³-hybridized carbons (Fsp3) is 0.688. The minimum Gasteiger partial charge on any atom is -0.444 e. The van der Waals surface area contributed by atoms with Crippen LogP contribution in [0.3, 0.4) is 0 Å². The molecule has 1 atom stereocenters. The Hall–Kier alpha value is -1.69. The molecule has 1 aromatic heterocycles. The Labute approximate surface area is 132 Å². The Kier molecular flexibility index (Phi) is 5.01. The van der Waals surface area contributed by atoms with E-state index in [-0.39, 0.29) is 18.2 Å². The molecule has 2 N–H and O–H groups in total. The Morgan fingerprint density at radius 1 is 1.27 bits per heavy atom. The van der Waals surface area contributed by atoms with Crippen molar-refractivity contribution in [3.05, 3.63) is 23.8 Å². The van der Waals surface area contributed by atoms with Crippen molar-refractivity contribution in [2.45, 2.75) is 71.2 Å². The number of aromatic nitrogens is 2. The van der Waals surface area contributed by atoms with Crippen LogP contribution in [0.1, 0.15) is 58.0 Å². The highest BCUT2D eigenvalue weighted by Crippen LogP contribution is 2.24. The number of ether oxygens (including phenoxy) is 1. The third-order valence-corrected chi connectivity index (χ3v) is 3.67. The number of nitrogens with one attached hydrogen (secondary N) is 2. The molecule has 0 aromatic carbocycles. The highest BCUT2D eigenvalue weighted by atomic mass is 16.6. The molecule has 1 aromatic rings. The number of alkyl carbamates (subject to hydrolysis) is 1. The molecule has 0 radical (unpaired) electrons. The van der Waals surface area contributed by atoms with Crippen molar-refractivity contribution in [2.75, 3.05) is 0 Å². The SMILES string of the molecule is Cc1nccnc1C(C)NC1CC(NC(=O)OC(C)(C)C)C1. The number of hydrogen-bond donors (Lipinski definition) is 2. The quantitative estimate of drug-likeness (QED) is 0.894. The number of aryl methyl sites for hydroxylation is 1. The van der Waals surface area contributed by atoms with Gasteiger partial charge in [0.25, 0.3) is 0 Å². The van der Waals surface area contributed by atoms with E-state index >= 15 is 0 Å². The summed E-state index contributed by atoms with van der Waals surface area (Å²) in [6, 6.07) is 0.722. The van der Waals surface area contributed by atoms with Gasteiger partial charge in [-0.05, 0) is 47.5 Å². The second-order valence-electron chi connectivity index (χ2n) is 6.93. The molecular formula is C16H26N4O2. The van der Waals surface area contributed by atoms with Gasteiger partial charge in [0.05, 0.1) is 11.4 Å². The van der Waals surface area contributed by atoms with Crippen LogP contribution in [0.25, 0.3) is 0 Å². The topological polar surface area (TPSA) is 76.1 Å². The molecular weight excluding hydrogens is 280 g/mol. The number of hydrogen-bond acceptors (Lipinski definition) is 5. The third-order valence-electron chi connectivity index (χ3n) is 3.67. The first-order chi connectivity index (χ1) is 10.2.